The first-order chi connectivity index (χ1) is 13.4. The summed E-state index contributed by atoms with van der Waals surface area (Å²) in [4.78, 5) is 14.7. The number of carbonyl (C=O) groups excluding carboxylic acids is 1. The maximum absolute atomic E-state index is 13.9. The molecule has 2 fully saturated rings. The van der Waals surface area contributed by atoms with Crippen molar-refractivity contribution in [3.05, 3.63) is 30.1 Å². The maximum Gasteiger partial charge on any atom is 0.275 e. The van der Waals surface area contributed by atoms with Crippen molar-refractivity contribution < 1.29 is 27.4 Å². The number of sulfonamides is 1. The first-order valence-corrected chi connectivity index (χ1v) is 11.6. The molecular formula is C19H31FN4O3S+2. The van der Waals surface area contributed by atoms with Gasteiger partial charge in [-0.1, -0.05) is 12.1 Å². The van der Waals surface area contributed by atoms with E-state index in [1.165, 1.54) is 22.5 Å². The molecule has 1 amide bonds. The fourth-order valence-electron chi connectivity index (χ4n) is 4.04. The number of nitrogens with zero attached hydrogens (tertiary/aromatic N) is 1. The fourth-order valence-corrected chi connectivity index (χ4v) is 5.55. The quantitative estimate of drug-likeness (QED) is 0.499. The average molecular weight is 415 g/mol. The second kappa shape index (κ2) is 9.30. The Morgan fingerprint density at radius 3 is 2.39 bits per heavy atom. The predicted molar refractivity (Wildman–Crippen MR) is 103 cm³/mol. The lowest BCUT2D eigenvalue weighted by molar-refractivity contribution is -0.903. The second-order valence-corrected chi connectivity index (χ2v) is 9.61. The molecule has 3 rings (SSSR count). The lowest BCUT2D eigenvalue weighted by atomic mass is 10.1. The summed E-state index contributed by atoms with van der Waals surface area (Å²) in [7, 11) is -3.83. The van der Waals surface area contributed by atoms with Crippen LogP contribution in [0.3, 0.4) is 0 Å². The smallest absolute Gasteiger partial charge is 0.275 e. The molecule has 2 saturated heterocycles. The number of piperazine rings is 1. The van der Waals surface area contributed by atoms with E-state index in [-0.39, 0.29) is 29.9 Å². The Morgan fingerprint density at radius 2 is 1.79 bits per heavy atom. The van der Waals surface area contributed by atoms with Gasteiger partial charge in [0.2, 0.25) is 10.0 Å². The molecule has 3 N–H and O–H groups in total. The molecule has 0 atom stereocenters. The van der Waals surface area contributed by atoms with Crippen molar-refractivity contribution in [3.63, 3.8) is 0 Å². The van der Waals surface area contributed by atoms with Crippen LogP contribution in [-0.2, 0) is 14.8 Å². The third kappa shape index (κ3) is 5.08. The molecule has 2 aliphatic rings. The summed E-state index contributed by atoms with van der Waals surface area (Å²) in [6.45, 7) is 7.53. The minimum atomic E-state index is -3.83. The van der Waals surface area contributed by atoms with E-state index in [1.54, 1.807) is 4.90 Å². The van der Waals surface area contributed by atoms with Crippen LogP contribution < -0.4 is 15.1 Å². The topological polar surface area (TPSA) is 75.4 Å². The van der Waals surface area contributed by atoms with Crippen LogP contribution in [0.1, 0.15) is 19.8 Å². The summed E-state index contributed by atoms with van der Waals surface area (Å²) in [5, 5.41) is 3.13. The van der Waals surface area contributed by atoms with Gasteiger partial charge in [-0.15, -0.1) is 0 Å². The van der Waals surface area contributed by atoms with Gasteiger partial charge in [0.15, 0.2) is 6.54 Å². The third-order valence-corrected chi connectivity index (χ3v) is 7.78. The van der Waals surface area contributed by atoms with E-state index >= 15 is 0 Å². The molecule has 156 valence electrons. The van der Waals surface area contributed by atoms with Gasteiger partial charge in [0.25, 0.3) is 5.91 Å². The Labute approximate surface area is 166 Å². The van der Waals surface area contributed by atoms with E-state index in [1.807, 2.05) is 0 Å². The van der Waals surface area contributed by atoms with Gasteiger partial charge >= 0.3 is 0 Å². The number of rotatable bonds is 6. The Bertz CT molecular complexity index is 773. The number of benzene rings is 1. The van der Waals surface area contributed by atoms with Crippen LogP contribution in [0.2, 0.25) is 0 Å². The molecule has 0 saturated carbocycles. The van der Waals surface area contributed by atoms with E-state index in [9.17, 15) is 17.6 Å². The van der Waals surface area contributed by atoms with Crippen molar-refractivity contribution in [1.82, 2.24) is 9.62 Å². The molecule has 2 heterocycles. The van der Waals surface area contributed by atoms with Crippen LogP contribution in [-0.4, -0.2) is 77.0 Å². The summed E-state index contributed by atoms with van der Waals surface area (Å²) in [6.07, 6.45) is 2.03. The maximum atomic E-state index is 13.9. The molecule has 7 nitrogen and oxygen atoms in total. The summed E-state index contributed by atoms with van der Waals surface area (Å²) in [6, 6.07) is 5.70. The molecule has 0 aromatic heterocycles. The van der Waals surface area contributed by atoms with E-state index in [4.69, 9.17) is 0 Å². The van der Waals surface area contributed by atoms with Crippen LogP contribution in [0, 0.1) is 5.82 Å². The monoisotopic (exact) mass is 414 g/mol. The number of amides is 1. The number of halogens is 1. The number of hydrogen-bond donors (Lipinski definition) is 3. The summed E-state index contributed by atoms with van der Waals surface area (Å²) < 4.78 is 40.5. The average Bonchev–Trinajstić information content (AvgIpc) is 2.69. The van der Waals surface area contributed by atoms with Gasteiger partial charge in [0.05, 0.1) is 45.8 Å². The number of carbonyl (C=O) groups is 1. The summed E-state index contributed by atoms with van der Waals surface area (Å²) in [5.41, 5.74) is 0. The largest absolute Gasteiger partial charge is 0.348 e. The van der Waals surface area contributed by atoms with Crippen molar-refractivity contribution in [2.24, 2.45) is 0 Å². The highest BCUT2D eigenvalue weighted by molar-refractivity contribution is 7.89. The van der Waals surface area contributed by atoms with Gasteiger partial charge in [-0.3, -0.25) is 4.79 Å². The predicted octanol–water partition coefficient (Wildman–Crippen LogP) is -2.10. The highest BCUT2D eigenvalue weighted by Gasteiger charge is 2.33. The first kappa shape index (κ1) is 21.2. The summed E-state index contributed by atoms with van der Waals surface area (Å²) >= 11 is 0. The third-order valence-electron chi connectivity index (χ3n) is 5.85. The second-order valence-electron chi connectivity index (χ2n) is 7.71. The van der Waals surface area contributed by atoms with Crippen molar-refractivity contribution in [2.75, 3.05) is 52.4 Å². The van der Waals surface area contributed by atoms with E-state index in [0.717, 1.165) is 43.4 Å². The Hall–Kier alpha value is -1.55. The molecule has 0 radical (unpaired) electrons. The van der Waals surface area contributed by atoms with Crippen LogP contribution in [0.5, 0.6) is 0 Å². The first-order valence-electron chi connectivity index (χ1n) is 10.1. The molecule has 0 unspecified atom stereocenters. The molecule has 0 spiro atoms. The number of quaternary nitrogens is 2. The Morgan fingerprint density at radius 1 is 1.14 bits per heavy atom. The molecule has 1 aromatic rings. The van der Waals surface area contributed by atoms with Gasteiger partial charge in [0, 0.05) is 18.9 Å². The zero-order valence-corrected chi connectivity index (χ0v) is 17.2. The van der Waals surface area contributed by atoms with Gasteiger partial charge < -0.3 is 15.1 Å². The van der Waals surface area contributed by atoms with Crippen LogP contribution in [0.25, 0.3) is 0 Å². The van der Waals surface area contributed by atoms with Crippen molar-refractivity contribution in [2.45, 2.75) is 30.7 Å². The Kier molecular flexibility index (Phi) is 7.03. The number of likely N-dealkylation sites (tertiary alicyclic amines) is 1. The highest BCUT2D eigenvalue weighted by Crippen LogP contribution is 2.18. The lowest BCUT2D eigenvalue weighted by Crippen LogP contribution is -3.16. The molecule has 0 bridgehead atoms. The SMILES string of the molecule is CC[NH+]1CCC(NC(=O)C[NH+]2CCN(S(=O)(=O)c3ccccc3F)CC2)CC1. The molecular weight excluding hydrogens is 383 g/mol. The fraction of sp³-hybridized carbons (Fsp3) is 0.632. The molecule has 28 heavy (non-hydrogen) atoms. The molecule has 1 aromatic carbocycles. The van der Waals surface area contributed by atoms with Crippen LogP contribution in [0.15, 0.2) is 29.2 Å². The van der Waals surface area contributed by atoms with Gasteiger partial charge in [0.1, 0.15) is 10.7 Å². The molecule has 9 heteroatoms. The van der Waals surface area contributed by atoms with Crippen LogP contribution >= 0.6 is 0 Å². The zero-order chi connectivity index (χ0) is 20.1. The van der Waals surface area contributed by atoms with Gasteiger partial charge in [-0.05, 0) is 19.1 Å². The highest BCUT2D eigenvalue weighted by atomic mass is 32.2. The van der Waals surface area contributed by atoms with E-state index in [2.05, 4.69) is 12.2 Å². The van der Waals surface area contributed by atoms with Crippen molar-refractivity contribution in [1.29, 1.82) is 0 Å². The Balaban J connectivity index is 1.46. The molecule has 0 aliphatic carbocycles. The van der Waals surface area contributed by atoms with Crippen molar-refractivity contribution >= 4 is 15.9 Å². The van der Waals surface area contributed by atoms with Crippen molar-refractivity contribution in [3.8, 4) is 0 Å². The van der Waals surface area contributed by atoms with Gasteiger partial charge in [-0.2, -0.15) is 4.31 Å². The molecule has 2 aliphatic heterocycles. The number of nitrogens with one attached hydrogen (secondary N) is 3. The minimum absolute atomic E-state index is 0.0327. The minimum Gasteiger partial charge on any atom is -0.348 e. The zero-order valence-electron chi connectivity index (χ0n) is 16.4. The van der Waals surface area contributed by atoms with Crippen LogP contribution in [0.4, 0.5) is 4.39 Å². The normalized spacial score (nSPS) is 24.8. The lowest BCUT2D eigenvalue weighted by Gasteiger charge is -2.32. The number of hydrogen-bond acceptors (Lipinski definition) is 3. The summed E-state index contributed by atoms with van der Waals surface area (Å²) in [5.74, 6) is -0.696. The van der Waals surface area contributed by atoms with Gasteiger partial charge in [-0.25, -0.2) is 12.8 Å². The van der Waals surface area contributed by atoms with E-state index in [0.29, 0.717) is 19.6 Å². The van der Waals surface area contributed by atoms with E-state index < -0.39 is 15.8 Å². The number of piperidine rings is 1. The standard InChI is InChI=1S/C19H29FN4O3S/c1-2-22-9-7-16(8-10-22)21-19(25)15-23-11-13-24(14-12-23)28(26,27)18-6-4-3-5-17(18)20/h3-6,16H,2,7-15H2,1H3,(H,21,25)/p+2.